The van der Waals surface area contributed by atoms with Crippen LogP contribution in [0.5, 0.6) is 11.5 Å². The summed E-state index contributed by atoms with van der Waals surface area (Å²) in [7, 11) is 0. The van der Waals surface area contributed by atoms with Crippen LogP contribution in [0.4, 0.5) is 13.6 Å². The molecule has 0 bridgehead atoms. The fraction of sp³-hybridized carbons (Fsp3) is 0.611. The molecule has 2 N–H and O–H groups in total. The normalized spacial score (nSPS) is 34.5. The van der Waals surface area contributed by atoms with Gasteiger partial charge in [0.05, 0.1) is 13.1 Å². The molecule has 1 aromatic carbocycles. The standard InChI is InChI=1S/C18H21F2N3O3/c19-11-2-3-12(20)17-16(11)25-14-7-23(8-15(14)26-17)18(24)22-13-4-1-9-5-21-6-10(9)13/h2-3,9-10,13-15,21H,1,4-8H2,(H,22,24)/t9?,10?,13?,14-,15+. The Bertz CT molecular complexity index is 708. The van der Waals surface area contributed by atoms with Crippen molar-refractivity contribution < 1.29 is 23.0 Å². The second-order valence-electron chi connectivity index (χ2n) is 7.62. The third-order valence-corrected chi connectivity index (χ3v) is 6.12. The van der Waals surface area contributed by atoms with E-state index in [0.717, 1.165) is 38.1 Å². The summed E-state index contributed by atoms with van der Waals surface area (Å²) in [4.78, 5) is 14.3. The van der Waals surface area contributed by atoms with Gasteiger partial charge in [0.25, 0.3) is 0 Å². The Morgan fingerprint density at radius 2 is 1.73 bits per heavy atom. The van der Waals surface area contributed by atoms with Gasteiger partial charge in [0.15, 0.2) is 23.8 Å². The van der Waals surface area contributed by atoms with Crippen molar-refractivity contribution in [1.82, 2.24) is 15.5 Å². The summed E-state index contributed by atoms with van der Waals surface area (Å²) in [5.74, 6) is -0.590. The van der Waals surface area contributed by atoms with Crippen molar-refractivity contribution in [1.29, 1.82) is 0 Å². The number of likely N-dealkylation sites (tertiary alicyclic amines) is 1. The Morgan fingerprint density at radius 3 is 2.38 bits per heavy atom. The van der Waals surface area contributed by atoms with Crippen molar-refractivity contribution in [2.24, 2.45) is 11.8 Å². The summed E-state index contributed by atoms with van der Waals surface area (Å²) in [6.45, 7) is 2.57. The van der Waals surface area contributed by atoms with Gasteiger partial charge in [0.2, 0.25) is 11.5 Å². The SMILES string of the molecule is O=C(NC1CCC2CNCC21)N1C[C@@H]2Oc3c(F)ccc(F)c3O[C@@H]2C1. The maximum atomic E-state index is 13.9. The second-order valence-corrected chi connectivity index (χ2v) is 7.62. The van der Waals surface area contributed by atoms with E-state index in [1.165, 1.54) is 0 Å². The molecule has 8 heteroatoms. The highest BCUT2D eigenvalue weighted by molar-refractivity contribution is 5.75. The highest BCUT2D eigenvalue weighted by Crippen LogP contribution is 2.40. The first kappa shape index (κ1) is 16.1. The number of ether oxygens (including phenoxy) is 2. The number of urea groups is 1. The van der Waals surface area contributed by atoms with Crippen molar-refractivity contribution in [2.45, 2.75) is 31.1 Å². The number of fused-ring (bicyclic) bond motifs is 3. The van der Waals surface area contributed by atoms with Crippen LogP contribution in [0.15, 0.2) is 12.1 Å². The van der Waals surface area contributed by atoms with Crippen LogP contribution in [0.2, 0.25) is 0 Å². The fourth-order valence-corrected chi connectivity index (χ4v) is 4.75. The topological polar surface area (TPSA) is 62.8 Å². The maximum Gasteiger partial charge on any atom is 0.317 e. The smallest absolute Gasteiger partial charge is 0.317 e. The minimum Gasteiger partial charge on any atom is -0.478 e. The summed E-state index contributed by atoms with van der Waals surface area (Å²) in [6, 6.07) is 2.06. The largest absolute Gasteiger partial charge is 0.478 e. The Balaban J connectivity index is 1.26. The maximum absolute atomic E-state index is 13.9. The summed E-state index contributed by atoms with van der Waals surface area (Å²) in [6.07, 6.45) is 1.15. The predicted octanol–water partition coefficient (Wildman–Crippen LogP) is 1.50. The summed E-state index contributed by atoms with van der Waals surface area (Å²) >= 11 is 0. The van der Waals surface area contributed by atoms with Gasteiger partial charge in [0, 0.05) is 12.6 Å². The monoisotopic (exact) mass is 365 g/mol. The number of nitrogens with one attached hydrogen (secondary N) is 2. The molecule has 140 valence electrons. The molecule has 2 saturated heterocycles. The van der Waals surface area contributed by atoms with Gasteiger partial charge >= 0.3 is 6.03 Å². The molecule has 1 saturated carbocycles. The third-order valence-electron chi connectivity index (χ3n) is 6.12. The van der Waals surface area contributed by atoms with E-state index < -0.39 is 23.8 Å². The second kappa shape index (κ2) is 5.97. The molecule has 1 aromatic rings. The highest BCUT2D eigenvalue weighted by Gasteiger charge is 2.45. The number of carbonyl (C=O) groups is 1. The molecule has 3 heterocycles. The number of nitrogens with zero attached hydrogens (tertiary/aromatic N) is 1. The number of benzene rings is 1. The number of amides is 2. The van der Waals surface area contributed by atoms with Gasteiger partial charge in [-0.3, -0.25) is 0 Å². The lowest BCUT2D eigenvalue weighted by Crippen LogP contribution is -2.46. The minimum atomic E-state index is -0.659. The molecule has 0 spiro atoms. The number of hydrogen-bond acceptors (Lipinski definition) is 4. The molecule has 3 unspecified atom stereocenters. The van der Waals surface area contributed by atoms with E-state index in [-0.39, 0.29) is 23.6 Å². The Morgan fingerprint density at radius 1 is 1.08 bits per heavy atom. The van der Waals surface area contributed by atoms with E-state index >= 15 is 0 Å². The van der Waals surface area contributed by atoms with Gasteiger partial charge in [0.1, 0.15) is 0 Å². The molecule has 2 amide bonds. The molecule has 6 nitrogen and oxygen atoms in total. The first-order valence-corrected chi connectivity index (χ1v) is 9.17. The van der Waals surface area contributed by atoms with Gasteiger partial charge in [-0.2, -0.15) is 0 Å². The molecule has 4 aliphatic rings. The van der Waals surface area contributed by atoms with Crippen molar-refractivity contribution >= 4 is 6.03 Å². The van der Waals surface area contributed by atoms with E-state index in [0.29, 0.717) is 24.9 Å². The van der Waals surface area contributed by atoms with Crippen LogP contribution in [0, 0.1) is 23.5 Å². The molecule has 3 fully saturated rings. The first-order chi connectivity index (χ1) is 12.6. The Kier molecular flexibility index (Phi) is 3.70. The van der Waals surface area contributed by atoms with Crippen LogP contribution in [-0.2, 0) is 0 Å². The van der Waals surface area contributed by atoms with Gasteiger partial charge in [-0.1, -0.05) is 0 Å². The molecule has 3 aliphatic heterocycles. The van der Waals surface area contributed by atoms with Crippen molar-refractivity contribution in [3.63, 3.8) is 0 Å². The third kappa shape index (κ3) is 2.50. The molecule has 0 radical (unpaired) electrons. The van der Waals surface area contributed by atoms with Gasteiger partial charge in [-0.25, -0.2) is 13.6 Å². The number of hydrogen-bond donors (Lipinski definition) is 2. The van der Waals surface area contributed by atoms with Crippen LogP contribution >= 0.6 is 0 Å². The number of rotatable bonds is 1. The summed E-state index contributed by atoms with van der Waals surface area (Å²) in [5.41, 5.74) is 0. The first-order valence-electron chi connectivity index (χ1n) is 9.17. The van der Waals surface area contributed by atoms with Crippen molar-refractivity contribution in [3.05, 3.63) is 23.8 Å². The van der Waals surface area contributed by atoms with Gasteiger partial charge in [-0.15, -0.1) is 0 Å². The molecule has 5 atom stereocenters. The quantitative estimate of drug-likeness (QED) is 0.792. The predicted molar refractivity (Wildman–Crippen MR) is 88.2 cm³/mol. The average molecular weight is 365 g/mol. The zero-order valence-electron chi connectivity index (χ0n) is 14.2. The lowest BCUT2D eigenvalue weighted by molar-refractivity contribution is 0.0467. The molecular weight excluding hydrogens is 344 g/mol. The van der Waals surface area contributed by atoms with E-state index in [4.69, 9.17) is 9.47 Å². The molecule has 1 aliphatic carbocycles. The van der Waals surface area contributed by atoms with E-state index in [2.05, 4.69) is 10.6 Å². The fourth-order valence-electron chi connectivity index (χ4n) is 4.75. The summed E-state index contributed by atoms with van der Waals surface area (Å²) < 4.78 is 39.0. The van der Waals surface area contributed by atoms with Crippen LogP contribution in [0.3, 0.4) is 0 Å². The zero-order valence-corrected chi connectivity index (χ0v) is 14.2. The van der Waals surface area contributed by atoms with Crippen LogP contribution in [-0.4, -0.2) is 55.4 Å². The summed E-state index contributed by atoms with van der Waals surface area (Å²) in [5, 5.41) is 6.52. The lowest BCUT2D eigenvalue weighted by Gasteiger charge is -2.28. The van der Waals surface area contributed by atoms with E-state index in [1.807, 2.05) is 0 Å². The Labute approximate surface area is 149 Å². The molecule has 26 heavy (non-hydrogen) atoms. The molecule has 5 rings (SSSR count). The van der Waals surface area contributed by atoms with Crippen molar-refractivity contribution in [2.75, 3.05) is 26.2 Å². The van der Waals surface area contributed by atoms with Gasteiger partial charge < -0.3 is 25.0 Å². The van der Waals surface area contributed by atoms with Crippen LogP contribution < -0.4 is 20.1 Å². The minimum absolute atomic E-state index is 0.158. The van der Waals surface area contributed by atoms with Gasteiger partial charge in [-0.05, 0) is 43.4 Å². The molecular formula is C18H21F2N3O3. The Hall–Kier alpha value is -2.09. The van der Waals surface area contributed by atoms with Crippen LogP contribution in [0.1, 0.15) is 12.8 Å². The van der Waals surface area contributed by atoms with E-state index in [9.17, 15) is 13.6 Å². The number of halogens is 2. The molecule has 0 aromatic heterocycles. The average Bonchev–Trinajstić information content (AvgIpc) is 3.33. The number of carbonyl (C=O) groups excluding carboxylic acids is 1. The van der Waals surface area contributed by atoms with Crippen molar-refractivity contribution in [3.8, 4) is 11.5 Å². The van der Waals surface area contributed by atoms with Crippen LogP contribution in [0.25, 0.3) is 0 Å². The van der Waals surface area contributed by atoms with E-state index in [1.54, 1.807) is 4.90 Å². The zero-order chi connectivity index (χ0) is 17.8. The lowest BCUT2D eigenvalue weighted by atomic mass is 9.98. The highest BCUT2D eigenvalue weighted by atomic mass is 19.1.